The van der Waals surface area contributed by atoms with Gasteiger partial charge in [0.2, 0.25) is 0 Å². The molecule has 1 amide bonds. The van der Waals surface area contributed by atoms with E-state index in [1.54, 1.807) is 25.3 Å². The number of hydrazone groups is 1. The lowest BCUT2D eigenvalue weighted by Gasteiger charge is -2.11. The molecule has 0 aliphatic heterocycles. The third-order valence-electron chi connectivity index (χ3n) is 3.52. The van der Waals surface area contributed by atoms with Crippen LogP contribution in [0.15, 0.2) is 39.9 Å². The van der Waals surface area contributed by atoms with Crippen molar-refractivity contribution in [1.29, 1.82) is 0 Å². The molecule has 0 aromatic heterocycles. The second kappa shape index (κ2) is 9.24. The monoisotopic (exact) mass is 420 g/mol. The van der Waals surface area contributed by atoms with Gasteiger partial charge >= 0.3 is 0 Å². The highest BCUT2D eigenvalue weighted by atomic mass is 79.9. The number of hydrogen-bond donors (Lipinski definition) is 1. The topological polar surface area (TPSA) is 69.2 Å². The van der Waals surface area contributed by atoms with Crippen LogP contribution in [0.4, 0.5) is 0 Å². The summed E-state index contributed by atoms with van der Waals surface area (Å²) in [7, 11) is 3.10. The van der Waals surface area contributed by atoms with Gasteiger partial charge in [0.1, 0.15) is 5.75 Å². The summed E-state index contributed by atoms with van der Waals surface area (Å²) in [6.07, 6.45) is 1.53. The van der Waals surface area contributed by atoms with Crippen LogP contribution in [0.2, 0.25) is 0 Å². The van der Waals surface area contributed by atoms with Gasteiger partial charge in [-0.05, 0) is 65.2 Å². The Balaban J connectivity index is 2.17. The molecule has 0 saturated heterocycles. The Kier molecular flexibility index (Phi) is 7.03. The second-order valence-corrected chi connectivity index (χ2v) is 6.22. The molecule has 2 aromatic rings. The minimum Gasteiger partial charge on any atom is -0.496 e. The van der Waals surface area contributed by atoms with Gasteiger partial charge in [0, 0.05) is 0 Å². The first kappa shape index (κ1) is 19.8. The normalized spacial score (nSPS) is 10.7. The van der Waals surface area contributed by atoms with Crippen molar-refractivity contribution in [1.82, 2.24) is 5.43 Å². The summed E-state index contributed by atoms with van der Waals surface area (Å²) in [5, 5.41) is 4.02. The first-order valence-corrected chi connectivity index (χ1v) is 8.77. The molecule has 0 spiro atoms. The van der Waals surface area contributed by atoms with Gasteiger partial charge in [-0.3, -0.25) is 4.79 Å². The largest absolute Gasteiger partial charge is 0.496 e. The molecular formula is C19H21BrN2O4. The van der Waals surface area contributed by atoms with Gasteiger partial charge in [-0.25, -0.2) is 5.43 Å². The predicted molar refractivity (Wildman–Crippen MR) is 105 cm³/mol. The van der Waals surface area contributed by atoms with Gasteiger partial charge in [-0.2, -0.15) is 5.10 Å². The van der Waals surface area contributed by atoms with Gasteiger partial charge in [-0.15, -0.1) is 0 Å². The zero-order valence-corrected chi connectivity index (χ0v) is 16.7. The van der Waals surface area contributed by atoms with Crippen LogP contribution in [0.3, 0.4) is 0 Å². The Morgan fingerprint density at radius 2 is 1.96 bits per heavy atom. The molecule has 0 unspecified atom stereocenters. The molecule has 26 heavy (non-hydrogen) atoms. The van der Waals surface area contributed by atoms with Crippen molar-refractivity contribution in [3.05, 3.63) is 51.5 Å². The van der Waals surface area contributed by atoms with Crippen LogP contribution in [0.25, 0.3) is 0 Å². The van der Waals surface area contributed by atoms with Gasteiger partial charge in [0.15, 0.2) is 11.5 Å². The molecule has 0 atom stereocenters. The number of nitrogens with one attached hydrogen (secondary N) is 1. The maximum Gasteiger partial charge on any atom is 0.275 e. The number of methoxy groups -OCH3 is 2. The van der Waals surface area contributed by atoms with Crippen LogP contribution in [-0.4, -0.2) is 32.9 Å². The van der Waals surface area contributed by atoms with Crippen LogP contribution < -0.4 is 19.6 Å². The number of aryl methyl sites for hydroxylation is 1. The zero-order chi connectivity index (χ0) is 19.1. The maximum atomic E-state index is 12.3. The van der Waals surface area contributed by atoms with E-state index in [1.165, 1.54) is 13.3 Å². The van der Waals surface area contributed by atoms with Crippen LogP contribution in [0.1, 0.15) is 28.4 Å². The van der Waals surface area contributed by atoms with E-state index in [2.05, 4.69) is 26.5 Å². The molecule has 0 heterocycles. The molecule has 0 aliphatic carbocycles. The van der Waals surface area contributed by atoms with E-state index in [0.29, 0.717) is 29.4 Å². The number of nitrogens with zero attached hydrogens (tertiary/aromatic N) is 1. The summed E-state index contributed by atoms with van der Waals surface area (Å²) in [5.41, 5.74) is 4.68. The third-order valence-corrected chi connectivity index (χ3v) is 4.11. The number of rotatable bonds is 7. The highest BCUT2D eigenvalue weighted by Gasteiger charge is 2.12. The van der Waals surface area contributed by atoms with Crippen LogP contribution in [-0.2, 0) is 0 Å². The molecule has 6 nitrogen and oxygen atoms in total. The summed E-state index contributed by atoms with van der Waals surface area (Å²) in [5.74, 6) is 1.36. The van der Waals surface area contributed by atoms with E-state index >= 15 is 0 Å². The summed E-state index contributed by atoms with van der Waals surface area (Å²) >= 11 is 3.44. The van der Waals surface area contributed by atoms with E-state index in [9.17, 15) is 4.79 Å². The molecule has 138 valence electrons. The number of halogens is 1. The molecule has 0 bridgehead atoms. The van der Waals surface area contributed by atoms with E-state index in [-0.39, 0.29) is 5.91 Å². The van der Waals surface area contributed by atoms with Crippen molar-refractivity contribution in [3.63, 3.8) is 0 Å². The molecule has 0 aliphatic rings. The van der Waals surface area contributed by atoms with Crippen LogP contribution in [0, 0.1) is 6.92 Å². The molecular weight excluding hydrogens is 400 g/mol. The Hall–Kier alpha value is -2.54. The van der Waals surface area contributed by atoms with Crippen LogP contribution >= 0.6 is 15.9 Å². The van der Waals surface area contributed by atoms with E-state index in [4.69, 9.17) is 14.2 Å². The molecule has 7 heteroatoms. The minimum atomic E-state index is -0.351. The third kappa shape index (κ3) is 4.76. The Morgan fingerprint density at radius 3 is 2.62 bits per heavy atom. The van der Waals surface area contributed by atoms with Gasteiger partial charge < -0.3 is 14.2 Å². The second-order valence-electron chi connectivity index (χ2n) is 5.37. The van der Waals surface area contributed by atoms with Crippen molar-refractivity contribution >= 4 is 28.1 Å². The van der Waals surface area contributed by atoms with E-state index in [1.807, 2.05) is 26.0 Å². The molecule has 0 fully saturated rings. The Labute approximate surface area is 161 Å². The number of ether oxygens (including phenoxy) is 3. The Morgan fingerprint density at radius 1 is 1.19 bits per heavy atom. The first-order valence-electron chi connectivity index (χ1n) is 7.98. The van der Waals surface area contributed by atoms with E-state index in [0.717, 1.165) is 15.6 Å². The van der Waals surface area contributed by atoms with Crippen molar-refractivity contribution < 1.29 is 19.0 Å². The molecule has 2 rings (SSSR count). The minimum absolute atomic E-state index is 0.351. The summed E-state index contributed by atoms with van der Waals surface area (Å²) in [6.45, 7) is 4.33. The lowest BCUT2D eigenvalue weighted by atomic mass is 10.1. The van der Waals surface area contributed by atoms with Crippen molar-refractivity contribution in [3.8, 4) is 17.2 Å². The lowest BCUT2D eigenvalue weighted by molar-refractivity contribution is 0.0952. The maximum absolute atomic E-state index is 12.3. The zero-order valence-electron chi connectivity index (χ0n) is 15.1. The van der Waals surface area contributed by atoms with E-state index < -0.39 is 0 Å². The number of carbonyl (C=O) groups is 1. The highest BCUT2D eigenvalue weighted by molar-refractivity contribution is 9.10. The first-order chi connectivity index (χ1) is 12.5. The average molecular weight is 421 g/mol. The lowest BCUT2D eigenvalue weighted by Crippen LogP contribution is -2.18. The number of hydrogen-bond acceptors (Lipinski definition) is 5. The predicted octanol–water partition coefficient (Wildman–Crippen LogP) is 3.94. The van der Waals surface area contributed by atoms with Gasteiger partial charge in [-0.1, -0.05) is 6.07 Å². The number of carbonyl (C=O) groups excluding carboxylic acids is 1. The van der Waals surface area contributed by atoms with Gasteiger partial charge in [0.25, 0.3) is 5.91 Å². The van der Waals surface area contributed by atoms with Crippen LogP contribution in [0.5, 0.6) is 17.2 Å². The average Bonchev–Trinajstić information content (AvgIpc) is 2.61. The SMILES string of the molecule is CCOc1cc(/C=N\NC(=O)c2ccc(C)cc2OC)cc(Br)c1OC. The molecule has 2 aromatic carbocycles. The van der Waals surface area contributed by atoms with Crippen molar-refractivity contribution in [2.24, 2.45) is 5.10 Å². The summed E-state index contributed by atoms with van der Waals surface area (Å²) in [4.78, 5) is 12.3. The smallest absolute Gasteiger partial charge is 0.275 e. The van der Waals surface area contributed by atoms with Crippen molar-refractivity contribution in [2.45, 2.75) is 13.8 Å². The standard InChI is InChI=1S/C19H21BrN2O4/c1-5-26-17-10-13(9-15(20)18(17)25-4)11-21-22-19(23)14-7-6-12(2)8-16(14)24-3/h6-11H,5H2,1-4H3,(H,22,23)/b21-11-. The van der Waals surface area contributed by atoms with Gasteiger partial charge in [0.05, 0.1) is 37.1 Å². The number of amides is 1. The fourth-order valence-corrected chi connectivity index (χ4v) is 2.96. The quantitative estimate of drug-likeness (QED) is 0.543. The fraction of sp³-hybridized carbons (Fsp3) is 0.263. The van der Waals surface area contributed by atoms with Crippen molar-refractivity contribution in [2.75, 3.05) is 20.8 Å². The highest BCUT2D eigenvalue weighted by Crippen LogP contribution is 2.36. The fourth-order valence-electron chi connectivity index (χ4n) is 2.34. The molecule has 1 N–H and O–H groups in total. The summed E-state index contributed by atoms with van der Waals surface area (Å²) < 4.78 is 16.9. The molecule has 0 saturated carbocycles. The summed E-state index contributed by atoms with van der Waals surface area (Å²) in [6, 6.07) is 8.96. The molecule has 0 radical (unpaired) electrons. The Bertz CT molecular complexity index is 821. The number of benzene rings is 2.